The highest BCUT2D eigenvalue weighted by molar-refractivity contribution is 5.93. The Hall–Kier alpha value is -4.47. The van der Waals surface area contributed by atoms with Crippen molar-refractivity contribution in [3.05, 3.63) is 90.0 Å². The quantitative estimate of drug-likeness (QED) is 0.272. The molecule has 3 rings (SSSR count). The van der Waals surface area contributed by atoms with E-state index in [4.69, 9.17) is 4.74 Å². The van der Waals surface area contributed by atoms with E-state index in [0.29, 0.717) is 5.69 Å². The molecular weight excluding hydrogens is 474 g/mol. The van der Waals surface area contributed by atoms with Crippen molar-refractivity contribution < 1.29 is 23.9 Å². The summed E-state index contributed by atoms with van der Waals surface area (Å²) in [6, 6.07) is 15.5. The maximum Gasteiger partial charge on any atom is 0.328 e. The first kappa shape index (κ1) is 27.1. The van der Waals surface area contributed by atoms with Gasteiger partial charge in [-0.3, -0.25) is 14.4 Å². The molecule has 0 radical (unpaired) electrons. The number of rotatable bonds is 12. The third kappa shape index (κ3) is 8.60. The highest BCUT2D eigenvalue weighted by Gasteiger charge is 2.30. The van der Waals surface area contributed by atoms with Crippen molar-refractivity contribution in [3.8, 4) is 0 Å². The van der Waals surface area contributed by atoms with Crippen LogP contribution in [0.4, 0.5) is 0 Å². The number of esters is 1. The maximum absolute atomic E-state index is 13.4. The molecule has 0 aliphatic heterocycles. The number of amides is 3. The average Bonchev–Trinajstić information content (AvgIpc) is 3.41. The molecule has 0 spiro atoms. The number of ether oxygens (including phenoxy) is 1. The Bertz CT molecular complexity index is 1170. The first-order valence-corrected chi connectivity index (χ1v) is 11.9. The molecule has 10 nitrogen and oxygen atoms in total. The van der Waals surface area contributed by atoms with Gasteiger partial charge in [-0.1, -0.05) is 60.7 Å². The van der Waals surface area contributed by atoms with Gasteiger partial charge in [0.15, 0.2) is 0 Å². The van der Waals surface area contributed by atoms with E-state index in [9.17, 15) is 19.2 Å². The number of aromatic nitrogens is 2. The van der Waals surface area contributed by atoms with Crippen molar-refractivity contribution >= 4 is 23.7 Å². The number of H-pyrrole nitrogens is 1. The van der Waals surface area contributed by atoms with Crippen molar-refractivity contribution in [1.82, 2.24) is 25.9 Å². The van der Waals surface area contributed by atoms with Crippen LogP contribution in [0.15, 0.2) is 73.2 Å². The number of imidazole rings is 1. The average molecular weight is 506 g/mol. The van der Waals surface area contributed by atoms with Gasteiger partial charge in [0.2, 0.25) is 17.7 Å². The standard InChI is InChI=1S/C27H31N5O5/c1-18(33)30-22(13-19-9-5-3-6-10-19)25(34)31-23(14-20-11-7-4-8-12-20)26(35)32-24(27(36)37-2)15-21-16-28-17-29-21/h3-12,16-17,22-24H,13-15H2,1-2H3,(H,28,29)(H,30,33)(H,31,34)(H,32,35)/t22-,23+,24-/m0/s1. The Balaban J connectivity index is 1.80. The molecule has 1 aromatic heterocycles. The molecule has 0 aliphatic rings. The van der Waals surface area contributed by atoms with Crippen LogP contribution in [-0.2, 0) is 43.2 Å². The Kier molecular flexibility index (Phi) is 9.95. The predicted molar refractivity (Wildman–Crippen MR) is 136 cm³/mol. The summed E-state index contributed by atoms with van der Waals surface area (Å²) in [5.74, 6) is -2.09. The smallest absolute Gasteiger partial charge is 0.328 e. The first-order valence-electron chi connectivity index (χ1n) is 11.9. The van der Waals surface area contributed by atoms with E-state index in [1.807, 2.05) is 60.7 Å². The Morgan fingerprint density at radius 1 is 0.784 bits per heavy atom. The zero-order valence-corrected chi connectivity index (χ0v) is 20.8. The summed E-state index contributed by atoms with van der Waals surface area (Å²) in [4.78, 5) is 57.9. The third-order valence-corrected chi connectivity index (χ3v) is 5.66. The normalized spacial score (nSPS) is 13.0. The summed E-state index contributed by atoms with van der Waals surface area (Å²) >= 11 is 0. The maximum atomic E-state index is 13.4. The van der Waals surface area contributed by atoms with Crippen molar-refractivity contribution in [2.75, 3.05) is 7.11 Å². The van der Waals surface area contributed by atoms with Crippen LogP contribution in [-0.4, -0.2) is 58.9 Å². The Morgan fingerprint density at radius 2 is 1.30 bits per heavy atom. The molecular formula is C27H31N5O5. The van der Waals surface area contributed by atoms with Gasteiger partial charge in [-0.25, -0.2) is 9.78 Å². The highest BCUT2D eigenvalue weighted by Crippen LogP contribution is 2.08. The minimum atomic E-state index is -1.02. The van der Waals surface area contributed by atoms with E-state index in [0.717, 1.165) is 11.1 Å². The second kappa shape index (κ2) is 13.6. The largest absolute Gasteiger partial charge is 0.467 e. The van der Waals surface area contributed by atoms with E-state index < -0.39 is 35.9 Å². The summed E-state index contributed by atoms with van der Waals surface area (Å²) in [7, 11) is 1.23. The number of hydrogen-bond acceptors (Lipinski definition) is 6. The number of carbonyl (C=O) groups excluding carboxylic acids is 4. The molecule has 0 saturated carbocycles. The molecule has 2 aromatic carbocycles. The minimum Gasteiger partial charge on any atom is -0.467 e. The number of benzene rings is 2. The van der Waals surface area contributed by atoms with E-state index in [2.05, 4.69) is 25.9 Å². The van der Waals surface area contributed by atoms with Crippen molar-refractivity contribution in [2.24, 2.45) is 0 Å². The van der Waals surface area contributed by atoms with Crippen LogP contribution in [0, 0.1) is 0 Å². The Labute approximate surface area is 215 Å². The van der Waals surface area contributed by atoms with Gasteiger partial charge in [0.1, 0.15) is 18.1 Å². The van der Waals surface area contributed by atoms with Gasteiger partial charge in [-0.15, -0.1) is 0 Å². The van der Waals surface area contributed by atoms with Crippen LogP contribution in [0.5, 0.6) is 0 Å². The van der Waals surface area contributed by atoms with Gasteiger partial charge < -0.3 is 25.7 Å². The SMILES string of the molecule is COC(=O)[C@H](Cc1c[nH]cn1)NC(=O)[C@@H](Cc1ccccc1)NC(=O)[C@H](Cc1ccccc1)NC(C)=O. The summed E-state index contributed by atoms with van der Waals surface area (Å²) in [6.07, 6.45) is 3.62. The third-order valence-electron chi connectivity index (χ3n) is 5.66. The summed E-state index contributed by atoms with van der Waals surface area (Å²) in [5, 5.41) is 8.13. The monoisotopic (exact) mass is 505 g/mol. The van der Waals surface area contributed by atoms with Crippen molar-refractivity contribution in [1.29, 1.82) is 0 Å². The molecule has 0 fully saturated rings. The van der Waals surface area contributed by atoms with Crippen LogP contribution >= 0.6 is 0 Å². The molecule has 3 amide bonds. The van der Waals surface area contributed by atoms with Crippen LogP contribution in [0.3, 0.4) is 0 Å². The van der Waals surface area contributed by atoms with E-state index in [1.165, 1.54) is 20.4 Å². The molecule has 0 saturated heterocycles. The van der Waals surface area contributed by atoms with Gasteiger partial charge in [-0.05, 0) is 11.1 Å². The lowest BCUT2D eigenvalue weighted by Crippen LogP contribution is -2.57. The lowest BCUT2D eigenvalue weighted by Gasteiger charge is -2.25. The Morgan fingerprint density at radius 3 is 1.76 bits per heavy atom. The highest BCUT2D eigenvalue weighted by atomic mass is 16.5. The zero-order chi connectivity index (χ0) is 26.6. The summed E-state index contributed by atoms with van der Waals surface area (Å²) in [6.45, 7) is 1.33. The molecule has 37 heavy (non-hydrogen) atoms. The van der Waals surface area contributed by atoms with Crippen molar-refractivity contribution in [2.45, 2.75) is 44.3 Å². The van der Waals surface area contributed by atoms with E-state index in [1.54, 1.807) is 6.20 Å². The first-order chi connectivity index (χ1) is 17.9. The number of nitrogens with zero attached hydrogens (tertiary/aromatic N) is 1. The molecule has 194 valence electrons. The fourth-order valence-electron chi connectivity index (χ4n) is 3.86. The summed E-state index contributed by atoms with van der Waals surface area (Å²) in [5.41, 5.74) is 2.22. The van der Waals surface area contributed by atoms with Gasteiger partial charge in [-0.2, -0.15) is 0 Å². The molecule has 3 atom stereocenters. The van der Waals surface area contributed by atoms with Crippen molar-refractivity contribution in [3.63, 3.8) is 0 Å². The summed E-state index contributed by atoms with van der Waals surface area (Å²) < 4.78 is 4.86. The topological polar surface area (TPSA) is 142 Å². The second-order valence-electron chi connectivity index (χ2n) is 8.54. The van der Waals surface area contributed by atoms with Gasteiger partial charge in [0.25, 0.3) is 0 Å². The lowest BCUT2D eigenvalue weighted by molar-refractivity contribution is -0.145. The van der Waals surface area contributed by atoms with Gasteiger partial charge in [0, 0.05) is 32.4 Å². The van der Waals surface area contributed by atoms with Crippen LogP contribution in [0.2, 0.25) is 0 Å². The molecule has 0 unspecified atom stereocenters. The number of hydrogen-bond donors (Lipinski definition) is 4. The van der Waals surface area contributed by atoms with E-state index >= 15 is 0 Å². The number of carbonyl (C=O) groups is 4. The zero-order valence-electron chi connectivity index (χ0n) is 20.8. The number of nitrogens with one attached hydrogen (secondary N) is 4. The van der Waals surface area contributed by atoms with E-state index in [-0.39, 0.29) is 25.2 Å². The van der Waals surface area contributed by atoms with Gasteiger partial charge in [0.05, 0.1) is 19.1 Å². The number of aromatic amines is 1. The predicted octanol–water partition coefficient (Wildman–Crippen LogP) is 1.08. The lowest BCUT2D eigenvalue weighted by atomic mass is 10.0. The van der Waals surface area contributed by atoms with Gasteiger partial charge >= 0.3 is 5.97 Å². The second-order valence-corrected chi connectivity index (χ2v) is 8.54. The molecule has 10 heteroatoms. The fourth-order valence-corrected chi connectivity index (χ4v) is 3.86. The van der Waals surface area contributed by atoms with Crippen LogP contribution < -0.4 is 16.0 Å². The molecule has 0 bridgehead atoms. The van der Waals surface area contributed by atoms with Crippen LogP contribution in [0.1, 0.15) is 23.7 Å². The number of methoxy groups -OCH3 is 1. The molecule has 4 N–H and O–H groups in total. The van der Waals surface area contributed by atoms with Crippen LogP contribution in [0.25, 0.3) is 0 Å². The minimum absolute atomic E-state index is 0.108. The molecule has 0 aliphatic carbocycles. The molecule has 1 heterocycles. The fraction of sp³-hybridized carbons (Fsp3) is 0.296. The molecule has 3 aromatic rings.